The average molecular weight is 459 g/mol. The molecule has 0 heterocycles. The molecule has 0 aliphatic heterocycles. The van der Waals surface area contributed by atoms with Crippen LogP contribution < -0.4 is 13.7 Å². The Hall–Kier alpha value is 1.97. The van der Waals surface area contributed by atoms with Crippen molar-refractivity contribution in [1.82, 2.24) is 0 Å². The Morgan fingerprint density at radius 2 is 1.10 bits per heavy atom. The Labute approximate surface area is 112 Å². The fraction of sp³-hybridized carbons (Fsp3) is 0. The molecule has 0 rings (SSSR count). The molecule has 0 aromatic rings. The fourth-order valence-electron chi connectivity index (χ4n) is 0. The standard InChI is InChI=1S/3Ag.Al.O3Si.2O/c;;;;1-4(2)3;;/q3*+1;;-2;;-1. The van der Waals surface area contributed by atoms with Gasteiger partial charge in [-0.2, -0.15) is 0 Å². The molecule has 0 radical (unpaired) electrons. The summed E-state index contributed by atoms with van der Waals surface area (Å²) in [7, 11) is -3.63. The Balaban J connectivity index is -0.0000000131. The van der Waals surface area contributed by atoms with Gasteiger partial charge >= 0.3 is 90.6 Å². The van der Waals surface area contributed by atoms with Crippen LogP contribution in [0.5, 0.6) is 0 Å². The molecule has 0 fully saturated rings. The van der Waals surface area contributed by atoms with Crippen molar-refractivity contribution in [3.8, 4) is 0 Å². The summed E-state index contributed by atoms with van der Waals surface area (Å²) in [6, 6.07) is 0. The maximum atomic E-state index is 8.52. The van der Waals surface area contributed by atoms with Gasteiger partial charge in [0, 0.05) is 9.17 Å². The van der Waals surface area contributed by atoms with Crippen LogP contribution in [-0.4, -0.2) is 24.7 Å². The number of rotatable bonds is 0. The van der Waals surface area contributed by atoms with E-state index in [0.29, 0.717) is 0 Å². The SMILES string of the molecule is O=[Si]([O-])[O-].[Ag+].[Ag+].[Ag+].[O]=[Al][O-]. The van der Waals surface area contributed by atoms with E-state index in [1.165, 1.54) is 0 Å². The molecule has 0 spiro atoms. The molecule has 0 aliphatic carbocycles. The molecule has 0 saturated carbocycles. The van der Waals surface area contributed by atoms with Crippen molar-refractivity contribution < 1.29 is 89.2 Å². The van der Waals surface area contributed by atoms with Gasteiger partial charge in [0.25, 0.3) is 0 Å². The van der Waals surface area contributed by atoms with Crippen molar-refractivity contribution in [2.45, 2.75) is 0 Å². The van der Waals surface area contributed by atoms with Crippen LogP contribution in [0.4, 0.5) is 0 Å². The van der Waals surface area contributed by atoms with Gasteiger partial charge in [-0.05, 0) is 0 Å². The molecule has 0 unspecified atom stereocenters. The number of hydrogen-bond donors (Lipinski definition) is 0. The molecular weight excluding hydrogens is 459 g/mol. The van der Waals surface area contributed by atoms with E-state index in [4.69, 9.17) is 22.0 Å². The van der Waals surface area contributed by atoms with Gasteiger partial charge in [0.2, 0.25) is 0 Å². The van der Waals surface area contributed by atoms with Gasteiger partial charge < -0.3 is 14.1 Å². The van der Waals surface area contributed by atoms with Crippen molar-refractivity contribution >= 4 is 24.7 Å². The fourth-order valence-corrected chi connectivity index (χ4v) is 0. The van der Waals surface area contributed by atoms with E-state index in [-0.39, 0.29) is 67.1 Å². The van der Waals surface area contributed by atoms with Crippen molar-refractivity contribution in [3.05, 3.63) is 0 Å². The van der Waals surface area contributed by atoms with E-state index in [0.717, 1.165) is 0 Å². The minimum atomic E-state index is -3.63. The Kier molecular flexibility index (Phi) is 90.7. The van der Waals surface area contributed by atoms with Crippen molar-refractivity contribution in [3.63, 3.8) is 0 Å². The van der Waals surface area contributed by atoms with E-state index in [1.807, 2.05) is 0 Å². The molecule has 0 amide bonds. The van der Waals surface area contributed by atoms with E-state index in [1.54, 1.807) is 0 Å². The summed E-state index contributed by atoms with van der Waals surface area (Å²) >= 11 is -1.75. The first-order valence-corrected chi connectivity index (χ1v) is 3.25. The third-order valence-electron chi connectivity index (χ3n) is 0. The predicted octanol–water partition coefficient (Wildman–Crippen LogP) is -4.57. The molecule has 0 aromatic heterocycles. The third kappa shape index (κ3) is 207. The van der Waals surface area contributed by atoms with Gasteiger partial charge in [-0.3, -0.25) is 0 Å². The van der Waals surface area contributed by atoms with Crippen molar-refractivity contribution in [2.75, 3.05) is 0 Å². The molecule has 0 saturated heterocycles. The van der Waals surface area contributed by atoms with Crippen LogP contribution in [0.1, 0.15) is 0 Å². The minimum absolute atomic E-state index is 0. The van der Waals surface area contributed by atoms with Crippen LogP contribution in [-0.2, 0) is 75.4 Å². The van der Waals surface area contributed by atoms with Crippen LogP contribution in [0.3, 0.4) is 0 Å². The molecular formula is Ag3AlO5Si. The maximum absolute atomic E-state index is 8.52. The summed E-state index contributed by atoms with van der Waals surface area (Å²) in [5, 5.41) is 0. The van der Waals surface area contributed by atoms with Gasteiger partial charge in [0.1, 0.15) is 0 Å². The predicted molar refractivity (Wildman–Crippen MR) is 12.9 cm³/mol. The second-order valence-corrected chi connectivity index (χ2v) is 1.04. The summed E-state index contributed by atoms with van der Waals surface area (Å²) in [5.41, 5.74) is 0. The molecule has 5 nitrogen and oxygen atoms in total. The summed E-state index contributed by atoms with van der Waals surface area (Å²) in [6.07, 6.45) is 0. The molecule has 70 valence electrons. The summed E-state index contributed by atoms with van der Waals surface area (Å²) in [4.78, 5) is 17.0. The first-order chi connectivity index (χ1) is 3.15. The molecule has 0 aliphatic rings. The molecule has 10 heteroatoms. The molecule has 0 N–H and O–H groups in total. The third-order valence-corrected chi connectivity index (χ3v) is 0. The van der Waals surface area contributed by atoms with Crippen molar-refractivity contribution in [1.29, 1.82) is 0 Å². The quantitative estimate of drug-likeness (QED) is 0.340. The summed E-state index contributed by atoms with van der Waals surface area (Å²) in [5.74, 6) is 0. The number of hydrogen-bond acceptors (Lipinski definition) is 5. The summed E-state index contributed by atoms with van der Waals surface area (Å²) in [6.45, 7) is 0. The van der Waals surface area contributed by atoms with Gasteiger partial charge in [0.05, 0.1) is 0 Å². The van der Waals surface area contributed by atoms with Gasteiger partial charge in [-0.15, -0.1) is 0 Å². The van der Waals surface area contributed by atoms with Gasteiger partial charge in [-0.25, -0.2) is 0 Å². The van der Waals surface area contributed by atoms with Crippen LogP contribution in [0.15, 0.2) is 0 Å². The van der Waals surface area contributed by atoms with Gasteiger partial charge in [0.15, 0.2) is 0 Å². The Morgan fingerprint density at radius 1 is 1.10 bits per heavy atom. The Morgan fingerprint density at radius 3 is 1.10 bits per heavy atom. The molecule has 10 heavy (non-hydrogen) atoms. The second-order valence-electron chi connectivity index (χ2n) is 0.346. The topological polar surface area (TPSA) is 103 Å². The summed E-state index contributed by atoms with van der Waals surface area (Å²) < 4.78 is 25.4. The second kappa shape index (κ2) is 30.6. The van der Waals surface area contributed by atoms with Crippen LogP contribution in [0, 0.1) is 0 Å². The zero-order valence-electron chi connectivity index (χ0n) is 4.02. The van der Waals surface area contributed by atoms with E-state index >= 15 is 0 Å². The normalized spacial score (nSPS) is 3.20. The molecule has 0 atom stereocenters. The molecule has 0 aromatic carbocycles. The zero-order valence-corrected chi connectivity index (χ0v) is 10.6. The monoisotopic (exact) mass is 456 g/mol. The van der Waals surface area contributed by atoms with E-state index in [2.05, 4.69) is 0 Å². The first-order valence-electron chi connectivity index (χ1n) is 1.08. The van der Waals surface area contributed by atoms with Crippen molar-refractivity contribution in [2.24, 2.45) is 0 Å². The average Bonchev–Trinajstić information content (AvgIpc) is 1.33. The van der Waals surface area contributed by atoms with Crippen LogP contribution in [0.25, 0.3) is 0 Å². The van der Waals surface area contributed by atoms with Crippen LogP contribution >= 0.6 is 0 Å². The van der Waals surface area contributed by atoms with Gasteiger partial charge in [-0.1, -0.05) is 0 Å². The van der Waals surface area contributed by atoms with Crippen LogP contribution in [0.2, 0.25) is 0 Å². The molecule has 0 bridgehead atoms. The van der Waals surface area contributed by atoms with E-state index < -0.39 is 24.7 Å². The van der Waals surface area contributed by atoms with E-state index in [9.17, 15) is 0 Å². The first kappa shape index (κ1) is 29.7. The zero-order chi connectivity index (χ0) is 6.28. The Bertz CT molecular complexity index is 63.9.